The molecule has 0 aliphatic heterocycles. The first-order valence-electron chi connectivity index (χ1n) is 5.74. The minimum Gasteiger partial charge on any atom is -0.475 e. The van der Waals surface area contributed by atoms with E-state index in [1.54, 1.807) is 0 Å². The molecule has 1 heterocycles. The number of aryl methyl sites for hydroxylation is 1. The van der Waals surface area contributed by atoms with E-state index in [1.807, 2.05) is 0 Å². The summed E-state index contributed by atoms with van der Waals surface area (Å²) in [6.07, 6.45) is -1.33. The van der Waals surface area contributed by atoms with Crippen LogP contribution in [-0.2, 0) is 16.1 Å². The van der Waals surface area contributed by atoms with Crippen LogP contribution in [-0.4, -0.2) is 34.0 Å². The lowest BCUT2D eigenvalue weighted by Gasteiger charge is -2.12. The lowest BCUT2D eigenvalue weighted by atomic mass is 10.1. The summed E-state index contributed by atoms with van der Waals surface area (Å²) in [7, 11) is 0. The van der Waals surface area contributed by atoms with Crippen LogP contribution in [0, 0.1) is 20.2 Å². The van der Waals surface area contributed by atoms with Gasteiger partial charge in [0, 0.05) is 6.42 Å². The predicted octanol–water partition coefficient (Wildman–Crippen LogP) is 0.0389. The fourth-order valence-corrected chi connectivity index (χ4v) is 1.56. The molecule has 1 rings (SSSR count). The maximum atomic E-state index is 10.8. The summed E-state index contributed by atoms with van der Waals surface area (Å²) in [6, 6.07) is 0. The third-order valence-corrected chi connectivity index (χ3v) is 2.37. The van der Waals surface area contributed by atoms with Crippen molar-refractivity contribution >= 4 is 5.97 Å². The maximum absolute atomic E-state index is 10.8. The Kier molecular flexibility index (Phi) is 5.85. The van der Waals surface area contributed by atoms with Crippen LogP contribution in [0.3, 0.4) is 0 Å². The van der Waals surface area contributed by atoms with Gasteiger partial charge in [0.05, 0.1) is 0 Å². The van der Waals surface area contributed by atoms with Gasteiger partial charge in [-0.3, -0.25) is 0 Å². The smallest absolute Gasteiger partial charge is 0.475 e. The molecule has 0 radical (unpaired) electrons. The van der Waals surface area contributed by atoms with Gasteiger partial charge in [-0.1, -0.05) is 0 Å². The molecule has 0 amide bonds. The Hall–Kier alpha value is -3.12. The number of carboxylic acid groups (broad SMARTS) is 1. The lowest BCUT2D eigenvalue weighted by molar-refractivity contribution is -0.790. The van der Waals surface area contributed by atoms with Crippen LogP contribution < -0.4 is 5.82 Å². The fraction of sp³-hybridized carbons (Fsp3) is 0.556. The van der Waals surface area contributed by atoms with E-state index in [0.717, 1.165) is 0 Å². The predicted molar refractivity (Wildman–Crippen MR) is 62.0 cm³/mol. The monoisotopic (exact) mass is 322 g/mol. The second-order valence-corrected chi connectivity index (χ2v) is 3.87. The summed E-state index contributed by atoms with van der Waals surface area (Å²) in [4.78, 5) is 50.0. The number of rotatable bonds is 10. The van der Waals surface area contributed by atoms with E-state index in [-0.39, 0.29) is 25.0 Å². The summed E-state index contributed by atoms with van der Waals surface area (Å²) in [5.41, 5.74) is 0. The molecule has 13 nitrogen and oxygen atoms in total. The van der Waals surface area contributed by atoms with E-state index < -0.39 is 40.4 Å². The zero-order chi connectivity index (χ0) is 16.7. The molecule has 0 saturated carbocycles. The maximum Gasteiger partial charge on any atom is 0.519 e. The highest BCUT2D eigenvalue weighted by molar-refractivity contribution is 5.85. The van der Waals surface area contributed by atoms with Crippen molar-refractivity contribution in [3.63, 3.8) is 0 Å². The van der Waals surface area contributed by atoms with Crippen molar-refractivity contribution in [2.45, 2.75) is 25.4 Å². The third-order valence-electron chi connectivity index (χ3n) is 2.37. The Balaban J connectivity index is 2.58. The second kappa shape index (κ2) is 7.61. The van der Waals surface area contributed by atoms with Gasteiger partial charge in [-0.25, -0.2) is 9.59 Å². The number of aromatic carboxylic acids is 1. The Morgan fingerprint density at radius 2 is 1.95 bits per heavy atom. The first-order chi connectivity index (χ1) is 10.3. The molecular formula is C9H10N2O11. The zero-order valence-electron chi connectivity index (χ0n) is 10.8. The summed E-state index contributed by atoms with van der Waals surface area (Å²) in [5, 5.41) is 26.8. The first-order valence-corrected chi connectivity index (χ1v) is 5.74. The van der Waals surface area contributed by atoms with Crippen LogP contribution in [0.4, 0.5) is 0 Å². The van der Waals surface area contributed by atoms with Crippen molar-refractivity contribution in [2.75, 3.05) is 6.61 Å². The van der Waals surface area contributed by atoms with Crippen molar-refractivity contribution in [3.8, 4) is 0 Å². The van der Waals surface area contributed by atoms with Crippen molar-refractivity contribution in [1.82, 2.24) is 0 Å². The van der Waals surface area contributed by atoms with Gasteiger partial charge >= 0.3 is 11.8 Å². The minimum atomic E-state index is -1.50. The minimum absolute atomic E-state index is 0.0718. The molecule has 1 aromatic heterocycles. The first kappa shape index (κ1) is 16.9. The van der Waals surface area contributed by atoms with Gasteiger partial charge in [0.1, 0.15) is 12.7 Å². The number of nitrogens with zero attached hydrogens (tertiary/aromatic N) is 2. The van der Waals surface area contributed by atoms with Gasteiger partial charge < -0.3 is 23.6 Å². The van der Waals surface area contributed by atoms with Crippen LogP contribution in [0.2, 0.25) is 0 Å². The average molecular weight is 322 g/mol. The summed E-state index contributed by atoms with van der Waals surface area (Å²) >= 11 is 0. The normalized spacial score (nSPS) is 11.6. The third kappa shape index (κ3) is 5.48. The van der Waals surface area contributed by atoms with Crippen molar-refractivity contribution in [3.05, 3.63) is 42.4 Å². The molecule has 13 heteroatoms. The highest BCUT2D eigenvalue weighted by atomic mass is 17.0. The van der Waals surface area contributed by atoms with Gasteiger partial charge in [-0.2, -0.15) is 0 Å². The lowest BCUT2D eigenvalue weighted by Crippen LogP contribution is -2.24. The fourth-order valence-electron chi connectivity index (χ4n) is 1.56. The van der Waals surface area contributed by atoms with E-state index in [4.69, 9.17) is 5.11 Å². The average Bonchev–Trinajstić information content (AvgIpc) is 2.76. The van der Waals surface area contributed by atoms with E-state index >= 15 is 0 Å². The standard InChI is InChI=1S/C9H10N2O11/c12-8(13)7-6(20-9(14)21-7)3-1-2-5(22-11(17)18)4-19-10(15)16/h5H,1-4H2,(H,12,13)/t5-/m1/s1. The SMILES string of the molecule is O=C(O)c1oc(=O)oc1CCC[C@H](CO[N+](=O)[O-])O[N+](=O)[O-]. The Labute approximate surface area is 120 Å². The van der Waals surface area contributed by atoms with E-state index in [9.17, 15) is 29.8 Å². The molecule has 22 heavy (non-hydrogen) atoms. The molecule has 1 atom stereocenters. The van der Waals surface area contributed by atoms with Crippen LogP contribution in [0.25, 0.3) is 0 Å². The van der Waals surface area contributed by atoms with Crippen LogP contribution in [0.15, 0.2) is 13.6 Å². The summed E-state index contributed by atoms with van der Waals surface area (Å²) in [6.45, 7) is -0.672. The summed E-state index contributed by atoms with van der Waals surface area (Å²) < 4.78 is 8.82. The molecule has 0 saturated heterocycles. The van der Waals surface area contributed by atoms with Crippen molar-refractivity contribution in [1.29, 1.82) is 0 Å². The second-order valence-electron chi connectivity index (χ2n) is 3.87. The van der Waals surface area contributed by atoms with Crippen LogP contribution in [0.5, 0.6) is 0 Å². The molecule has 0 bridgehead atoms. The molecule has 0 aliphatic rings. The zero-order valence-corrected chi connectivity index (χ0v) is 10.8. The van der Waals surface area contributed by atoms with Gasteiger partial charge in [-0.15, -0.1) is 20.2 Å². The van der Waals surface area contributed by atoms with Crippen molar-refractivity contribution in [2.24, 2.45) is 0 Å². The van der Waals surface area contributed by atoms with Gasteiger partial charge in [0.15, 0.2) is 5.76 Å². The quantitative estimate of drug-likeness (QED) is 0.452. The molecule has 0 fully saturated rings. The Bertz CT molecular complexity index is 603. The Morgan fingerprint density at radius 1 is 1.27 bits per heavy atom. The highest BCUT2D eigenvalue weighted by Gasteiger charge is 2.21. The van der Waals surface area contributed by atoms with E-state index in [2.05, 4.69) is 18.5 Å². The van der Waals surface area contributed by atoms with E-state index in [1.165, 1.54) is 0 Å². The van der Waals surface area contributed by atoms with Crippen LogP contribution in [0.1, 0.15) is 29.2 Å². The van der Waals surface area contributed by atoms with Gasteiger partial charge in [0.25, 0.3) is 15.9 Å². The molecule has 0 aromatic carbocycles. The molecule has 122 valence electrons. The number of hydrogen-bond donors (Lipinski definition) is 1. The molecule has 0 aliphatic carbocycles. The Morgan fingerprint density at radius 3 is 2.50 bits per heavy atom. The number of carboxylic acids is 1. The molecule has 0 spiro atoms. The summed E-state index contributed by atoms with van der Waals surface area (Å²) in [5.74, 6) is -3.61. The number of hydrogen-bond acceptors (Lipinski definition) is 10. The van der Waals surface area contributed by atoms with Gasteiger partial charge in [0.2, 0.25) is 0 Å². The van der Waals surface area contributed by atoms with Crippen molar-refractivity contribution < 1.29 is 38.6 Å². The van der Waals surface area contributed by atoms with Crippen LogP contribution >= 0.6 is 0 Å². The molecular weight excluding hydrogens is 312 g/mol. The molecule has 1 aromatic rings. The van der Waals surface area contributed by atoms with E-state index in [0.29, 0.717) is 0 Å². The molecule has 0 unspecified atom stereocenters. The number of carbonyl (C=O) groups is 1. The largest absolute Gasteiger partial charge is 0.519 e. The molecule has 1 N–H and O–H groups in total. The topological polar surface area (TPSA) is 185 Å². The highest BCUT2D eigenvalue weighted by Crippen LogP contribution is 2.13. The van der Waals surface area contributed by atoms with Gasteiger partial charge in [-0.05, 0) is 12.8 Å².